The number of aromatic nitrogens is 1. The van der Waals surface area contributed by atoms with Gasteiger partial charge in [0, 0.05) is 5.56 Å². The summed E-state index contributed by atoms with van der Waals surface area (Å²) >= 11 is 0. The van der Waals surface area contributed by atoms with Gasteiger partial charge >= 0.3 is 5.95 Å². The molecule has 0 aliphatic rings. The van der Waals surface area contributed by atoms with Gasteiger partial charge in [-0.05, 0) is 24.3 Å². The molecule has 0 aliphatic carbocycles. The predicted octanol–water partition coefficient (Wildman–Crippen LogP) is 3.18. The second kappa shape index (κ2) is 5.65. The molecule has 0 N–H and O–H groups in total. The number of nitrogens with zero attached hydrogens (tertiary/aromatic N) is 1. The maximum Gasteiger partial charge on any atom is 0.325 e. The van der Waals surface area contributed by atoms with E-state index in [0.29, 0.717) is 5.56 Å². The van der Waals surface area contributed by atoms with Crippen LogP contribution in [0.1, 0.15) is 0 Å². The summed E-state index contributed by atoms with van der Waals surface area (Å²) < 4.78 is 35.8. The Morgan fingerprint density at radius 3 is 2.14 bits per heavy atom. The van der Waals surface area contributed by atoms with Gasteiger partial charge in [-0.1, -0.05) is 36.4 Å². The highest BCUT2D eigenvalue weighted by molar-refractivity contribution is 7.91. The Morgan fingerprint density at radius 2 is 1.55 bits per heavy atom. The lowest BCUT2D eigenvalue weighted by molar-refractivity contribution is 0.298. The predicted molar refractivity (Wildman–Crippen MR) is 80.4 cm³/mol. The zero-order valence-corrected chi connectivity index (χ0v) is 12.6. The maximum absolute atomic E-state index is 12.7. The van der Waals surface area contributed by atoms with E-state index in [9.17, 15) is 8.42 Å². The van der Waals surface area contributed by atoms with Crippen LogP contribution in [0.5, 0.6) is 5.95 Å². The fraction of sp³-hybridized carbons (Fsp3) is 0.0625. The van der Waals surface area contributed by atoms with Crippen molar-refractivity contribution in [1.29, 1.82) is 0 Å². The number of oxazole rings is 1. The van der Waals surface area contributed by atoms with Crippen molar-refractivity contribution in [1.82, 2.24) is 4.98 Å². The van der Waals surface area contributed by atoms with Crippen molar-refractivity contribution in [3.8, 4) is 17.4 Å². The molecule has 3 aromatic rings. The van der Waals surface area contributed by atoms with Crippen LogP contribution >= 0.6 is 0 Å². The lowest BCUT2D eigenvalue weighted by Gasteiger charge is -2.01. The molecule has 2 aromatic carbocycles. The molecule has 0 saturated heterocycles. The zero-order chi connectivity index (χ0) is 15.6. The van der Waals surface area contributed by atoms with Gasteiger partial charge in [-0.25, -0.2) is 8.42 Å². The topological polar surface area (TPSA) is 69.4 Å². The quantitative estimate of drug-likeness (QED) is 0.739. The van der Waals surface area contributed by atoms with E-state index in [2.05, 4.69) is 4.98 Å². The third-order valence-corrected chi connectivity index (χ3v) is 4.74. The SMILES string of the molecule is COc1oc(-c2ccccc2)nc1S(=O)(=O)c1ccccc1. The molecule has 0 radical (unpaired) electrons. The van der Waals surface area contributed by atoms with Crippen LogP contribution < -0.4 is 4.74 Å². The first-order valence-electron chi connectivity index (χ1n) is 6.53. The maximum atomic E-state index is 12.7. The molecule has 112 valence electrons. The summed E-state index contributed by atoms with van der Waals surface area (Å²) in [5.41, 5.74) is 0.676. The highest BCUT2D eigenvalue weighted by Crippen LogP contribution is 2.33. The molecule has 0 aliphatic heterocycles. The van der Waals surface area contributed by atoms with E-state index in [4.69, 9.17) is 9.15 Å². The highest BCUT2D eigenvalue weighted by atomic mass is 32.2. The summed E-state index contributed by atoms with van der Waals surface area (Å²) in [5, 5.41) is -0.222. The second-order valence-electron chi connectivity index (χ2n) is 4.50. The van der Waals surface area contributed by atoms with Crippen LogP contribution in [0, 0.1) is 0 Å². The van der Waals surface area contributed by atoms with Gasteiger partial charge in [0.15, 0.2) is 0 Å². The van der Waals surface area contributed by atoms with E-state index < -0.39 is 9.84 Å². The number of methoxy groups -OCH3 is 1. The van der Waals surface area contributed by atoms with Gasteiger partial charge in [0.25, 0.3) is 0 Å². The third kappa shape index (κ3) is 2.48. The average Bonchev–Trinajstić information content (AvgIpc) is 3.02. The molecule has 0 fully saturated rings. The molecule has 6 heteroatoms. The number of hydrogen-bond acceptors (Lipinski definition) is 5. The summed E-state index contributed by atoms with van der Waals surface area (Å²) in [7, 11) is -2.45. The van der Waals surface area contributed by atoms with Gasteiger partial charge < -0.3 is 9.15 Å². The summed E-state index contributed by atoms with van der Waals surface area (Å²) in [6, 6.07) is 17.1. The lowest BCUT2D eigenvalue weighted by atomic mass is 10.2. The molecular formula is C16H13NO4S. The number of rotatable bonds is 4. The molecule has 0 spiro atoms. The van der Waals surface area contributed by atoms with E-state index in [1.807, 2.05) is 18.2 Å². The van der Waals surface area contributed by atoms with Crippen LogP contribution in [0.3, 0.4) is 0 Å². The van der Waals surface area contributed by atoms with Crippen molar-refractivity contribution in [3.05, 3.63) is 60.7 Å². The first kappa shape index (κ1) is 14.3. The van der Waals surface area contributed by atoms with Crippen LogP contribution in [0.25, 0.3) is 11.5 Å². The smallest absolute Gasteiger partial charge is 0.325 e. The molecule has 1 heterocycles. The normalized spacial score (nSPS) is 11.3. The second-order valence-corrected chi connectivity index (χ2v) is 6.36. The van der Waals surface area contributed by atoms with Crippen LogP contribution in [-0.2, 0) is 9.84 Å². The van der Waals surface area contributed by atoms with Crippen LogP contribution in [0.15, 0.2) is 75.0 Å². The van der Waals surface area contributed by atoms with Gasteiger partial charge in [-0.15, -0.1) is 0 Å². The van der Waals surface area contributed by atoms with Gasteiger partial charge in [0.2, 0.25) is 20.8 Å². The summed E-state index contributed by atoms with van der Waals surface area (Å²) in [4.78, 5) is 4.26. The molecule has 0 atom stereocenters. The lowest BCUT2D eigenvalue weighted by Crippen LogP contribution is -2.04. The van der Waals surface area contributed by atoms with Crippen molar-refractivity contribution in [3.63, 3.8) is 0 Å². The highest BCUT2D eigenvalue weighted by Gasteiger charge is 2.29. The van der Waals surface area contributed by atoms with Crippen LogP contribution in [0.2, 0.25) is 0 Å². The molecule has 3 rings (SSSR count). The third-order valence-electron chi connectivity index (χ3n) is 3.08. The fourth-order valence-corrected chi connectivity index (χ4v) is 3.29. The molecule has 1 aromatic heterocycles. The molecule has 22 heavy (non-hydrogen) atoms. The van der Waals surface area contributed by atoms with Crippen molar-refractivity contribution < 1.29 is 17.6 Å². The Balaban J connectivity index is 2.14. The summed E-state index contributed by atoms with van der Waals surface area (Å²) in [5.74, 6) is 0.0784. The zero-order valence-electron chi connectivity index (χ0n) is 11.8. The molecule has 0 unspecified atom stereocenters. The van der Waals surface area contributed by atoms with E-state index >= 15 is 0 Å². The van der Waals surface area contributed by atoms with Crippen molar-refractivity contribution in [2.24, 2.45) is 0 Å². The Bertz CT molecular complexity index is 871. The van der Waals surface area contributed by atoms with Gasteiger partial charge in [-0.3, -0.25) is 0 Å². The first-order chi connectivity index (χ1) is 10.6. The first-order valence-corrected chi connectivity index (χ1v) is 8.01. The Morgan fingerprint density at radius 1 is 0.955 bits per heavy atom. The van der Waals surface area contributed by atoms with Gasteiger partial charge in [-0.2, -0.15) is 4.98 Å². The Kier molecular flexibility index (Phi) is 3.68. The van der Waals surface area contributed by atoms with Crippen molar-refractivity contribution in [2.75, 3.05) is 7.11 Å². The standard InChI is InChI=1S/C16H13NO4S/c1-20-16-15(22(18,19)13-10-6-3-7-11-13)17-14(21-16)12-8-4-2-5-9-12/h2-11H,1H3. The van der Waals surface area contributed by atoms with Crippen molar-refractivity contribution in [2.45, 2.75) is 9.92 Å². The van der Waals surface area contributed by atoms with Crippen LogP contribution in [0.4, 0.5) is 0 Å². The minimum Gasteiger partial charge on any atom is -0.466 e. The summed E-state index contributed by atoms with van der Waals surface area (Å²) in [6.07, 6.45) is 0. The van der Waals surface area contributed by atoms with Crippen LogP contribution in [-0.4, -0.2) is 20.5 Å². The Hall–Kier alpha value is -2.60. The van der Waals surface area contributed by atoms with E-state index in [0.717, 1.165) is 0 Å². The average molecular weight is 315 g/mol. The molecule has 5 nitrogen and oxygen atoms in total. The number of benzene rings is 2. The molecule has 0 amide bonds. The summed E-state index contributed by atoms with van der Waals surface area (Å²) in [6.45, 7) is 0. The fourth-order valence-electron chi connectivity index (χ4n) is 2.01. The van der Waals surface area contributed by atoms with E-state index in [-0.39, 0.29) is 21.8 Å². The monoisotopic (exact) mass is 315 g/mol. The van der Waals surface area contributed by atoms with Gasteiger partial charge in [0.05, 0.1) is 12.0 Å². The molecule has 0 saturated carbocycles. The molecule has 0 bridgehead atoms. The van der Waals surface area contributed by atoms with E-state index in [1.165, 1.54) is 19.2 Å². The number of hydrogen-bond donors (Lipinski definition) is 0. The van der Waals surface area contributed by atoms with Crippen molar-refractivity contribution >= 4 is 9.84 Å². The number of ether oxygens (including phenoxy) is 1. The Labute approximate surface area is 128 Å². The largest absolute Gasteiger partial charge is 0.466 e. The minimum absolute atomic E-state index is 0.122. The molecular weight excluding hydrogens is 302 g/mol. The minimum atomic E-state index is -3.80. The van der Waals surface area contributed by atoms with Gasteiger partial charge in [0.1, 0.15) is 0 Å². The number of sulfone groups is 1. The van der Waals surface area contributed by atoms with E-state index in [1.54, 1.807) is 30.3 Å².